The number of ether oxygens (including phenoxy) is 2. The van der Waals surface area contributed by atoms with Gasteiger partial charge in [0.05, 0.1) is 0 Å². The molecule has 1 aromatic carbocycles. The first kappa shape index (κ1) is 11.0. The van der Waals surface area contributed by atoms with Gasteiger partial charge in [0.15, 0.2) is 0 Å². The van der Waals surface area contributed by atoms with E-state index in [1.54, 1.807) is 6.07 Å². The molecule has 0 spiro atoms. The third-order valence-electron chi connectivity index (χ3n) is 2.47. The number of carbonyl (C=O) groups is 1. The normalized spacial score (nSPS) is 14.6. The van der Waals surface area contributed by atoms with Crippen molar-refractivity contribution in [3.63, 3.8) is 0 Å². The second-order valence-electron chi connectivity index (χ2n) is 4.03. The van der Waals surface area contributed by atoms with Crippen LogP contribution in [0.3, 0.4) is 0 Å². The Kier molecular flexibility index (Phi) is 3.44. The van der Waals surface area contributed by atoms with Crippen LogP contribution in [-0.2, 0) is 11.2 Å². The molecule has 0 aromatic heterocycles. The molecule has 3 nitrogen and oxygen atoms in total. The van der Waals surface area contributed by atoms with E-state index < -0.39 is 6.16 Å². The Balaban J connectivity index is 1.98. The first-order valence-corrected chi connectivity index (χ1v) is 5.76. The average molecular weight is 220 g/mol. The fourth-order valence-corrected chi connectivity index (χ4v) is 1.52. The van der Waals surface area contributed by atoms with E-state index in [0.717, 1.165) is 31.2 Å². The highest BCUT2D eigenvalue weighted by Crippen LogP contribution is 2.25. The topological polar surface area (TPSA) is 35.5 Å². The zero-order valence-corrected chi connectivity index (χ0v) is 9.44. The molecule has 0 radical (unpaired) electrons. The van der Waals surface area contributed by atoms with Crippen molar-refractivity contribution in [1.82, 2.24) is 0 Å². The van der Waals surface area contributed by atoms with Crippen LogP contribution in [0.25, 0.3) is 0 Å². The van der Waals surface area contributed by atoms with E-state index in [2.05, 4.69) is 6.92 Å². The van der Waals surface area contributed by atoms with Gasteiger partial charge in [-0.3, -0.25) is 0 Å². The Morgan fingerprint density at radius 3 is 2.81 bits per heavy atom. The summed E-state index contributed by atoms with van der Waals surface area (Å²) in [5, 5.41) is 0. The van der Waals surface area contributed by atoms with E-state index >= 15 is 0 Å². The van der Waals surface area contributed by atoms with E-state index in [0.29, 0.717) is 5.75 Å². The molecular weight excluding hydrogens is 204 g/mol. The summed E-state index contributed by atoms with van der Waals surface area (Å²) >= 11 is 0. The minimum Gasteiger partial charge on any atom is -0.431 e. The van der Waals surface area contributed by atoms with Crippen LogP contribution in [0.1, 0.15) is 31.7 Å². The molecule has 0 aliphatic heterocycles. The molecule has 16 heavy (non-hydrogen) atoms. The van der Waals surface area contributed by atoms with Gasteiger partial charge in [-0.05, 0) is 30.9 Å². The molecule has 3 heteroatoms. The van der Waals surface area contributed by atoms with Crippen LogP contribution in [0, 0.1) is 0 Å². The standard InChI is InChI=1S/C13H16O3/c1-2-5-10-6-3-4-7-12(10)16-13(14)15-11-8-9-11/h3-4,6-7,11H,2,5,8-9H2,1H3. The Morgan fingerprint density at radius 2 is 2.12 bits per heavy atom. The Hall–Kier alpha value is -1.51. The molecule has 2 rings (SSSR count). The Labute approximate surface area is 95.4 Å². The van der Waals surface area contributed by atoms with Crippen molar-refractivity contribution in [1.29, 1.82) is 0 Å². The lowest BCUT2D eigenvalue weighted by atomic mass is 10.1. The van der Waals surface area contributed by atoms with Crippen LogP contribution in [0.4, 0.5) is 4.79 Å². The van der Waals surface area contributed by atoms with Crippen molar-refractivity contribution >= 4 is 6.16 Å². The Morgan fingerprint density at radius 1 is 1.38 bits per heavy atom. The van der Waals surface area contributed by atoms with Gasteiger partial charge in [0.25, 0.3) is 0 Å². The molecule has 1 aromatic rings. The highest BCUT2D eigenvalue weighted by atomic mass is 16.7. The molecule has 0 heterocycles. The molecule has 0 amide bonds. The quantitative estimate of drug-likeness (QED) is 0.576. The second-order valence-corrected chi connectivity index (χ2v) is 4.03. The highest BCUT2D eigenvalue weighted by Gasteiger charge is 2.27. The van der Waals surface area contributed by atoms with E-state index in [1.807, 2.05) is 18.2 Å². The number of rotatable bonds is 4. The van der Waals surface area contributed by atoms with Gasteiger partial charge in [-0.1, -0.05) is 31.5 Å². The predicted molar refractivity (Wildman–Crippen MR) is 60.6 cm³/mol. The minimum atomic E-state index is -0.578. The van der Waals surface area contributed by atoms with Crippen molar-refractivity contribution in [2.75, 3.05) is 0 Å². The molecule has 0 bridgehead atoms. The second kappa shape index (κ2) is 5.01. The molecule has 0 atom stereocenters. The summed E-state index contributed by atoms with van der Waals surface area (Å²) in [4.78, 5) is 11.4. The maximum atomic E-state index is 11.4. The first-order valence-electron chi connectivity index (χ1n) is 5.76. The first-order chi connectivity index (χ1) is 7.79. The van der Waals surface area contributed by atoms with E-state index in [1.165, 1.54) is 0 Å². The lowest BCUT2D eigenvalue weighted by molar-refractivity contribution is 0.0921. The molecule has 1 fully saturated rings. The molecule has 0 N–H and O–H groups in total. The highest BCUT2D eigenvalue weighted by molar-refractivity contribution is 5.65. The number of hydrogen-bond acceptors (Lipinski definition) is 3. The summed E-state index contributed by atoms with van der Waals surface area (Å²) in [6.07, 6.45) is 3.37. The van der Waals surface area contributed by atoms with E-state index in [4.69, 9.17) is 9.47 Å². The van der Waals surface area contributed by atoms with Gasteiger partial charge in [-0.15, -0.1) is 0 Å². The van der Waals surface area contributed by atoms with Crippen molar-refractivity contribution in [2.45, 2.75) is 38.7 Å². The van der Waals surface area contributed by atoms with Gasteiger partial charge in [0, 0.05) is 0 Å². The predicted octanol–water partition coefficient (Wildman–Crippen LogP) is 3.32. The van der Waals surface area contributed by atoms with Crippen LogP contribution >= 0.6 is 0 Å². The van der Waals surface area contributed by atoms with E-state index in [-0.39, 0.29) is 6.10 Å². The summed E-state index contributed by atoms with van der Waals surface area (Å²) in [7, 11) is 0. The van der Waals surface area contributed by atoms with Crippen LogP contribution in [0.5, 0.6) is 5.75 Å². The lowest BCUT2D eigenvalue weighted by Gasteiger charge is -2.08. The maximum absolute atomic E-state index is 11.4. The number of benzene rings is 1. The van der Waals surface area contributed by atoms with E-state index in [9.17, 15) is 4.79 Å². The van der Waals surface area contributed by atoms with Gasteiger partial charge in [0.1, 0.15) is 11.9 Å². The van der Waals surface area contributed by atoms with Gasteiger partial charge in [0.2, 0.25) is 0 Å². The van der Waals surface area contributed by atoms with Crippen LogP contribution in [-0.4, -0.2) is 12.3 Å². The number of para-hydroxylation sites is 1. The molecule has 1 aliphatic rings. The zero-order chi connectivity index (χ0) is 11.4. The van der Waals surface area contributed by atoms with Gasteiger partial charge < -0.3 is 9.47 Å². The van der Waals surface area contributed by atoms with Gasteiger partial charge >= 0.3 is 6.16 Å². The summed E-state index contributed by atoms with van der Waals surface area (Å²) in [6.45, 7) is 2.10. The van der Waals surface area contributed by atoms with Crippen molar-refractivity contribution < 1.29 is 14.3 Å². The Bertz CT molecular complexity index is 369. The summed E-state index contributed by atoms with van der Waals surface area (Å²) in [5.74, 6) is 0.620. The smallest absolute Gasteiger partial charge is 0.431 e. The van der Waals surface area contributed by atoms with Crippen LogP contribution < -0.4 is 4.74 Å². The van der Waals surface area contributed by atoms with Crippen molar-refractivity contribution in [3.05, 3.63) is 29.8 Å². The van der Waals surface area contributed by atoms with Gasteiger partial charge in [-0.2, -0.15) is 0 Å². The summed E-state index contributed by atoms with van der Waals surface area (Å²) in [5.41, 5.74) is 1.05. The fraction of sp³-hybridized carbons (Fsp3) is 0.462. The minimum absolute atomic E-state index is 0.0887. The number of aryl methyl sites for hydroxylation is 1. The molecule has 1 aliphatic carbocycles. The molecule has 0 saturated heterocycles. The van der Waals surface area contributed by atoms with Crippen molar-refractivity contribution in [2.24, 2.45) is 0 Å². The SMILES string of the molecule is CCCc1ccccc1OC(=O)OC1CC1. The lowest BCUT2D eigenvalue weighted by Crippen LogP contribution is -2.12. The fourth-order valence-electron chi connectivity index (χ4n) is 1.52. The summed E-state index contributed by atoms with van der Waals surface area (Å²) in [6, 6.07) is 7.59. The van der Waals surface area contributed by atoms with Crippen LogP contribution in [0.2, 0.25) is 0 Å². The molecular formula is C13H16O3. The average Bonchev–Trinajstić information content (AvgIpc) is 3.05. The third-order valence-corrected chi connectivity index (χ3v) is 2.47. The summed E-state index contributed by atoms with van der Waals surface area (Å²) < 4.78 is 10.2. The monoisotopic (exact) mass is 220 g/mol. The molecule has 86 valence electrons. The van der Waals surface area contributed by atoms with Gasteiger partial charge in [-0.25, -0.2) is 4.79 Å². The zero-order valence-electron chi connectivity index (χ0n) is 9.44. The number of hydrogen-bond donors (Lipinski definition) is 0. The number of carbonyl (C=O) groups excluding carboxylic acids is 1. The van der Waals surface area contributed by atoms with Crippen molar-refractivity contribution in [3.8, 4) is 5.75 Å². The molecule has 0 unspecified atom stereocenters. The maximum Gasteiger partial charge on any atom is 0.514 e. The molecule has 1 saturated carbocycles. The van der Waals surface area contributed by atoms with Crippen LogP contribution in [0.15, 0.2) is 24.3 Å². The third kappa shape index (κ3) is 2.99. The largest absolute Gasteiger partial charge is 0.514 e.